The quantitative estimate of drug-likeness (QED) is 0.0508. The lowest BCUT2D eigenvalue weighted by Gasteiger charge is -2.19. The SMILES string of the molecule is CCCCCCCCCCCC(=O)OC[C@H](O)COC(=O)CCC/C=C/C[C@@H]1[C@@H](/C=C/[C@@H](O)CCCCC)[C@H](O)C[C@@H]1O. The van der Waals surface area contributed by atoms with Crippen molar-refractivity contribution in [2.45, 2.75) is 160 Å². The molecule has 0 heterocycles. The van der Waals surface area contributed by atoms with Gasteiger partial charge in [0.1, 0.15) is 19.3 Å². The minimum Gasteiger partial charge on any atom is -0.463 e. The average molecular weight is 611 g/mol. The summed E-state index contributed by atoms with van der Waals surface area (Å²) in [5.74, 6) is -1.06. The molecule has 0 bridgehead atoms. The molecule has 1 aliphatic carbocycles. The Labute approximate surface area is 260 Å². The van der Waals surface area contributed by atoms with Crippen LogP contribution in [0.2, 0.25) is 0 Å². The molecule has 43 heavy (non-hydrogen) atoms. The van der Waals surface area contributed by atoms with Crippen molar-refractivity contribution < 1.29 is 39.5 Å². The van der Waals surface area contributed by atoms with Gasteiger partial charge in [-0.2, -0.15) is 0 Å². The molecule has 0 spiro atoms. The van der Waals surface area contributed by atoms with Crippen LogP contribution in [-0.4, -0.2) is 70.0 Å². The smallest absolute Gasteiger partial charge is 0.305 e. The fourth-order valence-electron chi connectivity index (χ4n) is 5.55. The minimum absolute atomic E-state index is 0.115. The first-order valence-corrected chi connectivity index (χ1v) is 17.1. The summed E-state index contributed by atoms with van der Waals surface area (Å²) < 4.78 is 10.2. The third-order valence-electron chi connectivity index (χ3n) is 8.26. The van der Waals surface area contributed by atoms with E-state index in [1.54, 1.807) is 6.08 Å². The number of carbonyl (C=O) groups is 2. The van der Waals surface area contributed by atoms with Gasteiger partial charge in [0, 0.05) is 25.2 Å². The van der Waals surface area contributed by atoms with Crippen LogP contribution in [-0.2, 0) is 19.1 Å². The lowest BCUT2D eigenvalue weighted by molar-refractivity contribution is -0.152. The van der Waals surface area contributed by atoms with Crippen molar-refractivity contribution in [1.29, 1.82) is 0 Å². The monoisotopic (exact) mass is 610 g/mol. The van der Waals surface area contributed by atoms with Crippen molar-refractivity contribution in [2.24, 2.45) is 11.8 Å². The van der Waals surface area contributed by atoms with Crippen LogP contribution in [0, 0.1) is 11.8 Å². The summed E-state index contributed by atoms with van der Waals surface area (Å²) in [6.07, 6.45) is 21.9. The maximum atomic E-state index is 12.0. The van der Waals surface area contributed by atoms with Crippen molar-refractivity contribution in [3.8, 4) is 0 Å². The van der Waals surface area contributed by atoms with Gasteiger partial charge in [-0.05, 0) is 38.0 Å². The van der Waals surface area contributed by atoms with Gasteiger partial charge in [-0.3, -0.25) is 9.59 Å². The lowest BCUT2D eigenvalue weighted by Crippen LogP contribution is -2.25. The molecule has 8 heteroatoms. The molecule has 0 aromatic heterocycles. The van der Waals surface area contributed by atoms with Gasteiger partial charge in [0.2, 0.25) is 0 Å². The summed E-state index contributed by atoms with van der Waals surface area (Å²) in [7, 11) is 0. The zero-order chi connectivity index (χ0) is 31.7. The van der Waals surface area contributed by atoms with Crippen molar-refractivity contribution in [3.05, 3.63) is 24.3 Å². The van der Waals surface area contributed by atoms with E-state index in [0.29, 0.717) is 38.5 Å². The van der Waals surface area contributed by atoms with E-state index in [2.05, 4.69) is 13.8 Å². The van der Waals surface area contributed by atoms with E-state index in [4.69, 9.17) is 9.47 Å². The fourth-order valence-corrected chi connectivity index (χ4v) is 5.55. The lowest BCUT2D eigenvalue weighted by atomic mass is 9.89. The Morgan fingerprint density at radius 2 is 1.30 bits per heavy atom. The first-order chi connectivity index (χ1) is 20.8. The first-order valence-electron chi connectivity index (χ1n) is 17.1. The van der Waals surface area contributed by atoms with Crippen LogP contribution in [0.3, 0.4) is 0 Å². The van der Waals surface area contributed by atoms with E-state index < -0.39 is 30.4 Å². The predicted molar refractivity (Wildman–Crippen MR) is 170 cm³/mol. The van der Waals surface area contributed by atoms with Crippen LogP contribution in [0.5, 0.6) is 0 Å². The van der Waals surface area contributed by atoms with E-state index in [0.717, 1.165) is 38.5 Å². The first kappa shape index (κ1) is 39.3. The zero-order valence-electron chi connectivity index (χ0n) is 27.0. The Kier molecular flexibility index (Phi) is 23.4. The second-order valence-electron chi connectivity index (χ2n) is 12.3. The van der Waals surface area contributed by atoms with Crippen molar-refractivity contribution in [2.75, 3.05) is 13.2 Å². The number of ether oxygens (including phenoxy) is 2. The zero-order valence-corrected chi connectivity index (χ0v) is 27.0. The molecule has 0 unspecified atom stereocenters. The summed E-state index contributed by atoms with van der Waals surface area (Å²) in [5, 5.41) is 40.9. The topological polar surface area (TPSA) is 134 Å². The van der Waals surface area contributed by atoms with Crippen molar-refractivity contribution >= 4 is 11.9 Å². The Hall–Kier alpha value is -1.74. The average Bonchev–Trinajstić information content (AvgIpc) is 3.25. The van der Waals surface area contributed by atoms with Gasteiger partial charge in [-0.15, -0.1) is 0 Å². The summed E-state index contributed by atoms with van der Waals surface area (Å²) in [4.78, 5) is 23.9. The number of hydrogen-bond acceptors (Lipinski definition) is 8. The third kappa shape index (κ3) is 20.0. The molecule has 1 rings (SSSR count). The summed E-state index contributed by atoms with van der Waals surface area (Å²) in [5.41, 5.74) is 0. The Morgan fingerprint density at radius 3 is 1.93 bits per heavy atom. The number of aliphatic hydroxyl groups is 4. The largest absolute Gasteiger partial charge is 0.463 e. The van der Waals surface area contributed by atoms with Crippen LogP contribution in [0.4, 0.5) is 0 Å². The number of rotatable bonds is 26. The number of unbranched alkanes of at least 4 members (excludes halogenated alkanes) is 11. The van der Waals surface area contributed by atoms with E-state index in [-0.39, 0.29) is 37.4 Å². The highest BCUT2D eigenvalue weighted by Crippen LogP contribution is 2.36. The van der Waals surface area contributed by atoms with E-state index in [1.165, 1.54) is 38.5 Å². The maximum Gasteiger partial charge on any atom is 0.305 e. The molecule has 6 atom stereocenters. The number of aliphatic hydroxyl groups excluding tert-OH is 4. The van der Waals surface area contributed by atoms with Crippen LogP contribution in [0.15, 0.2) is 24.3 Å². The molecular weight excluding hydrogens is 548 g/mol. The molecule has 250 valence electrons. The third-order valence-corrected chi connectivity index (χ3v) is 8.26. The van der Waals surface area contributed by atoms with Gasteiger partial charge >= 0.3 is 11.9 Å². The highest BCUT2D eigenvalue weighted by Gasteiger charge is 2.39. The maximum absolute atomic E-state index is 12.0. The second kappa shape index (κ2) is 25.6. The fraction of sp³-hybridized carbons (Fsp3) is 0.829. The molecule has 0 aliphatic heterocycles. The van der Waals surface area contributed by atoms with Gasteiger partial charge in [0.15, 0.2) is 0 Å². The molecule has 0 saturated heterocycles. The number of allylic oxidation sites excluding steroid dienone is 2. The summed E-state index contributed by atoms with van der Waals surface area (Å²) >= 11 is 0. The minimum atomic E-state index is -1.04. The van der Waals surface area contributed by atoms with Crippen LogP contribution in [0.1, 0.15) is 136 Å². The van der Waals surface area contributed by atoms with Crippen LogP contribution in [0.25, 0.3) is 0 Å². The van der Waals surface area contributed by atoms with E-state index in [1.807, 2.05) is 18.2 Å². The van der Waals surface area contributed by atoms with Gasteiger partial charge in [0.05, 0.1) is 18.3 Å². The van der Waals surface area contributed by atoms with E-state index in [9.17, 15) is 30.0 Å². The highest BCUT2D eigenvalue weighted by molar-refractivity contribution is 5.69. The van der Waals surface area contributed by atoms with Gasteiger partial charge in [0.25, 0.3) is 0 Å². The summed E-state index contributed by atoms with van der Waals surface area (Å²) in [6.45, 7) is 3.95. The molecule has 1 saturated carbocycles. The number of esters is 2. The Morgan fingerprint density at radius 1 is 0.744 bits per heavy atom. The van der Waals surface area contributed by atoms with Gasteiger partial charge < -0.3 is 29.9 Å². The Bertz CT molecular complexity index is 767. The molecule has 1 fully saturated rings. The molecule has 8 nitrogen and oxygen atoms in total. The molecule has 0 amide bonds. The van der Waals surface area contributed by atoms with Crippen molar-refractivity contribution in [1.82, 2.24) is 0 Å². The van der Waals surface area contributed by atoms with Crippen LogP contribution < -0.4 is 0 Å². The molecule has 0 aromatic rings. The molecule has 1 aliphatic rings. The van der Waals surface area contributed by atoms with E-state index >= 15 is 0 Å². The normalized spacial score (nSPS) is 21.9. The second-order valence-corrected chi connectivity index (χ2v) is 12.3. The highest BCUT2D eigenvalue weighted by atomic mass is 16.6. The predicted octanol–water partition coefficient (Wildman–Crippen LogP) is 6.33. The Balaban J connectivity index is 2.14. The van der Waals surface area contributed by atoms with Gasteiger partial charge in [-0.25, -0.2) is 0 Å². The molecule has 0 radical (unpaired) electrons. The van der Waals surface area contributed by atoms with Gasteiger partial charge in [-0.1, -0.05) is 109 Å². The number of hydrogen-bond donors (Lipinski definition) is 4. The molecular formula is C35H62O8. The molecule has 0 aromatic carbocycles. The standard InChI is InChI=1S/C35H62O8/c1-3-5-7-8-9-10-11-12-17-21-34(40)42-26-29(37)27-43-35(41)22-18-14-13-16-20-30-31(33(39)25-32(30)38)24-23-28(36)19-15-6-4-2/h13,16,23-24,28-33,36-39H,3-12,14-15,17-22,25-27H2,1-2H3/b16-13+,24-23+/t28-,29-,30+,31+,32-,33+/m0/s1. The van der Waals surface area contributed by atoms with Crippen molar-refractivity contribution in [3.63, 3.8) is 0 Å². The molecule has 4 N–H and O–H groups in total. The number of carbonyl (C=O) groups excluding carboxylic acids is 2. The summed E-state index contributed by atoms with van der Waals surface area (Å²) in [6, 6.07) is 0. The van der Waals surface area contributed by atoms with Crippen LogP contribution >= 0.6 is 0 Å².